The number of nitrogen functional groups attached to an aromatic ring is 1. The summed E-state index contributed by atoms with van der Waals surface area (Å²) in [5, 5.41) is 0.566. The fourth-order valence-electron chi connectivity index (χ4n) is 4.04. The molecule has 31 heavy (non-hydrogen) atoms. The van der Waals surface area contributed by atoms with Gasteiger partial charge in [0.1, 0.15) is 5.75 Å². The normalized spacial score (nSPS) is 16.2. The summed E-state index contributed by atoms with van der Waals surface area (Å²) in [5.74, 6) is 2.47. The number of hydrogen-bond donors (Lipinski definition) is 1. The minimum atomic E-state index is 0.495. The van der Waals surface area contributed by atoms with Crippen LogP contribution in [0.3, 0.4) is 0 Å². The third-order valence-corrected chi connectivity index (χ3v) is 6.28. The zero-order chi connectivity index (χ0) is 21.2. The molecule has 0 saturated carbocycles. The number of aromatic nitrogens is 3. The van der Waals surface area contributed by atoms with E-state index in [4.69, 9.17) is 15.2 Å². The fourth-order valence-corrected chi connectivity index (χ4v) is 4.80. The standard InChI is InChI=1S/C23H23N5O2S/c1-29-14-15-8-11-28(13-15)21-22(26-10-9-25-21)30-17-5-2-4-16(12-17)18-6-3-7-19-20(18)27-23(24)31-19/h2-7,9-10,12,15H,8,11,13-14H2,1H3,(H2,24,27). The first-order chi connectivity index (χ1) is 15.2. The van der Waals surface area contributed by atoms with Crippen molar-refractivity contribution in [3.63, 3.8) is 0 Å². The van der Waals surface area contributed by atoms with Crippen molar-refractivity contribution in [3.8, 4) is 22.8 Å². The van der Waals surface area contributed by atoms with Gasteiger partial charge >= 0.3 is 0 Å². The monoisotopic (exact) mass is 433 g/mol. The summed E-state index contributed by atoms with van der Waals surface area (Å²) in [6.45, 7) is 2.55. The summed E-state index contributed by atoms with van der Waals surface area (Å²) >= 11 is 1.49. The molecule has 1 fully saturated rings. The van der Waals surface area contributed by atoms with Crippen LogP contribution in [0.2, 0.25) is 0 Å². The van der Waals surface area contributed by atoms with Crippen molar-refractivity contribution >= 4 is 32.5 Å². The van der Waals surface area contributed by atoms with E-state index in [1.165, 1.54) is 11.3 Å². The average molecular weight is 434 g/mol. The lowest BCUT2D eigenvalue weighted by Crippen LogP contribution is -2.22. The number of fused-ring (bicyclic) bond motifs is 1. The van der Waals surface area contributed by atoms with Gasteiger partial charge in [-0.2, -0.15) is 0 Å². The lowest BCUT2D eigenvalue weighted by atomic mass is 10.0. The highest BCUT2D eigenvalue weighted by Gasteiger charge is 2.26. The van der Waals surface area contributed by atoms with Crippen LogP contribution in [0, 0.1) is 5.92 Å². The second-order valence-electron chi connectivity index (χ2n) is 7.58. The van der Waals surface area contributed by atoms with Gasteiger partial charge in [0.15, 0.2) is 10.9 Å². The predicted octanol–water partition coefficient (Wildman–Crippen LogP) is 4.60. The minimum Gasteiger partial charge on any atom is -0.436 e. The number of methoxy groups -OCH3 is 1. The highest BCUT2D eigenvalue weighted by molar-refractivity contribution is 7.22. The summed E-state index contributed by atoms with van der Waals surface area (Å²) in [6, 6.07) is 14.0. The number of hydrogen-bond acceptors (Lipinski definition) is 8. The van der Waals surface area contributed by atoms with Crippen LogP contribution >= 0.6 is 11.3 Å². The lowest BCUT2D eigenvalue weighted by molar-refractivity contribution is 0.161. The van der Waals surface area contributed by atoms with Crippen molar-refractivity contribution in [2.24, 2.45) is 5.92 Å². The highest BCUT2D eigenvalue weighted by atomic mass is 32.1. The molecule has 2 aromatic heterocycles. The first-order valence-electron chi connectivity index (χ1n) is 10.2. The third-order valence-electron chi connectivity index (χ3n) is 5.43. The summed E-state index contributed by atoms with van der Waals surface area (Å²) < 4.78 is 12.6. The van der Waals surface area contributed by atoms with Gasteiger partial charge < -0.3 is 20.1 Å². The predicted molar refractivity (Wildman–Crippen MR) is 124 cm³/mol. The highest BCUT2D eigenvalue weighted by Crippen LogP contribution is 2.36. The Balaban J connectivity index is 1.43. The second kappa shape index (κ2) is 8.49. The molecule has 4 aromatic rings. The largest absolute Gasteiger partial charge is 0.436 e. The Kier molecular flexibility index (Phi) is 5.40. The SMILES string of the molecule is COCC1CCN(c2nccnc2Oc2cccc(-c3cccc4sc(N)nc34)c2)C1. The van der Waals surface area contributed by atoms with Gasteiger partial charge in [0.2, 0.25) is 0 Å². The molecule has 0 amide bonds. The molecule has 1 aliphatic rings. The summed E-state index contributed by atoms with van der Waals surface area (Å²) in [7, 11) is 1.74. The number of nitrogens with zero attached hydrogens (tertiary/aromatic N) is 4. The molecule has 1 aliphatic heterocycles. The first-order valence-corrected chi connectivity index (χ1v) is 11.0. The van der Waals surface area contributed by atoms with Crippen LogP contribution in [0.15, 0.2) is 54.9 Å². The van der Waals surface area contributed by atoms with Gasteiger partial charge in [-0.15, -0.1) is 0 Å². The molecular weight excluding hydrogens is 410 g/mol. The number of benzene rings is 2. The molecule has 158 valence electrons. The van der Waals surface area contributed by atoms with Gasteiger partial charge in [-0.3, -0.25) is 0 Å². The molecule has 0 spiro atoms. The molecule has 0 aliphatic carbocycles. The van der Waals surface area contributed by atoms with E-state index in [1.54, 1.807) is 19.5 Å². The Bertz CT molecular complexity index is 1210. The molecule has 2 aromatic carbocycles. The molecule has 0 radical (unpaired) electrons. The number of rotatable bonds is 6. The first kappa shape index (κ1) is 19.7. The molecule has 2 N–H and O–H groups in total. The van der Waals surface area contributed by atoms with Gasteiger partial charge in [0, 0.05) is 44.1 Å². The maximum absolute atomic E-state index is 6.21. The second-order valence-corrected chi connectivity index (χ2v) is 8.64. The van der Waals surface area contributed by atoms with Crippen LogP contribution in [-0.4, -0.2) is 41.8 Å². The Labute approximate surface area is 184 Å². The fraction of sp³-hybridized carbons (Fsp3) is 0.261. The van der Waals surface area contributed by atoms with Crippen molar-refractivity contribution in [3.05, 3.63) is 54.9 Å². The Morgan fingerprint density at radius 1 is 1.16 bits per heavy atom. The van der Waals surface area contributed by atoms with Crippen molar-refractivity contribution in [1.82, 2.24) is 15.0 Å². The van der Waals surface area contributed by atoms with E-state index in [9.17, 15) is 0 Å². The number of anilines is 2. The summed E-state index contributed by atoms with van der Waals surface area (Å²) in [4.78, 5) is 15.7. The smallest absolute Gasteiger partial charge is 0.263 e. The van der Waals surface area contributed by atoms with Crippen LogP contribution in [0.25, 0.3) is 21.3 Å². The average Bonchev–Trinajstić information content (AvgIpc) is 3.40. The van der Waals surface area contributed by atoms with Crippen molar-refractivity contribution in [1.29, 1.82) is 0 Å². The van der Waals surface area contributed by atoms with Crippen molar-refractivity contribution in [2.45, 2.75) is 6.42 Å². The lowest BCUT2D eigenvalue weighted by Gasteiger charge is -2.19. The Morgan fingerprint density at radius 3 is 2.94 bits per heavy atom. The van der Waals surface area contributed by atoms with E-state index in [0.717, 1.165) is 53.3 Å². The maximum Gasteiger partial charge on any atom is 0.263 e. The van der Waals surface area contributed by atoms with Gasteiger partial charge in [-0.1, -0.05) is 35.6 Å². The Hall–Kier alpha value is -3.23. The summed E-state index contributed by atoms with van der Waals surface area (Å²) in [6.07, 6.45) is 4.43. The number of para-hydroxylation sites is 1. The van der Waals surface area contributed by atoms with E-state index < -0.39 is 0 Å². The van der Waals surface area contributed by atoms with Gasteiger partial charge in [-0.25, -0.2) is 15.0 Å². The quantitative estimate of drug-likeness (QED) is 0.475. The van der Waals surface area contributed by atoms with Crippen LogP contribution in [0.1, 0.15) is 6.42 Å². The van der Waals surface area contributed by atoms with Crippen LogP contribution in [0.5, 0.6) is 11.6 Å². The Morgan fingerprint density at radius 2 is 2.03 bits per heavy atom. The van der Waals surface area contributed by atoms with Crippen molar-refractivity contribution in [2.75, 3.05) is 37.4 Å². The molecule has 1 unspecified atom stereocenters. The van der Waals surface area contributed by atoms with E-state index in [2.05, 4.69) is 25.9 Å². The van der Waals surface area contributed by atoms with Gasteiger partial charge in [0.25, 0.3) is 5.88 Å². The molecule has 5 rings (SSSR count). The van der Waals surface area contributed by atoms with Crippen LogP contribution in [0.4, 0.5) is 10.9 Å². The number of ether oxygens (including phenoxy) is 2. The molecule has 3 heterocycles. The van der Waals surface area contributed by atoms with Crippen LogP contribution in [-0.2, 0) is 4.74 Å². The molecular formula is C23H23N5O2S. The summed E-state index contributed by atoms with van der Waals surface area (Å²) in [5.41, 5.74) is 8.88. The van der Waals surface area contributed by atoms with E-state index >= 15 is 0 Å². The maximum atomic E-state index is 6.21. The van der Waals surface area contributed by atoms with Gasteiger partial charge in [0.05, 0.1) is 16.8 Å². The van der Waals surface area contributed by atoms with Gasteiger partial charge in [-0.05, 0) is 30.2 Å². The third kappa shape index (κ3) is 4.04. The number of thiazole rings is 1. The molecule has 7 nitrogen and oxygen atoms in total. The van der Waals surface area contributed by atoms with Crippen LogP contribution < -0.4 is 15.4 Å². The zero-order valence-corrected chi connectivity index (χ0v) is 18.0. The topological polar surface area (TPSA) is 86.4 Å². The van der Waals surface area contributed by atoms with E-state index in [1.807, 2.05) is 36.4 Å². The molecule has 1 saturated heterocycles. The van der Waals surface area contributed by atoms with E-state index in [-0.39, 0.29) is 0 Å². The van der Waals surface area contributed by atoms with E-state index in [0.29, 0.717) is 22.7 Å². The van der Waals surface area contributed by atoms with Crippen molar-refractivity contribution < 1.29 is 9.47 Å². The molecule has 1 atom stereocenters. The molecule has 0 bridgehead atoms. The zero-order valence-electron chi connectivity index (χ0n) is 17.2. The number of nitrogens with two attached hydrogens (primary N) is 1. The minimum absolute atomic E-state index is 0.495. The molecule has 8 heteroatoms.